The zero-order valence-corrected chi connectivity index (χ0v) is 16.2. The van der Waals surface area contributed by atoms with Gasteiger partial charge in [-0.1, -0.05) is 5.16 Å². The Hall–Kier alpha value is -2.72. The van der Waals surface area contributed by atoms with Crippen molar-refractivity contribution in [3.8, 4) is 0 Å². The average Bonchev–Trinajstić information content (AvgIpc) is 3.38. The van der Waals surface area contributed by atoms with Crippen LogP contribution in [0.4, 0.5) is 0 Å². The summed E-state index contributed by atoms with van der Waals surface area (Å²) in [7, 11) is 3.35. The van der Waals surface area contributed by atoms with Crippen molar-refractivity contribution in [3.63, 3.8) is 0 Å². The van der Waals surface area contributed by atoms with Gasteiger partial charge in [-0.05, 0) is 6.92 Å². The number of carbonyl (C=O) groups excluding carboxylic acids is 2. The Labute approximate surface area is 161 Å². The van der Waals surface area contributed by atoms with Crippen molar-refractivity contribution in [1.29, 1.82) is 0 Å². The van der Waals surface area contributed by atoms with Crippen LogP contribution >= 0.6 is 0 Å². The summed E-state index contributed by atoms with van der Waals surface area (Å²) in [5.41, 5.74) is 2.95. The van der Waals surface area contributed by atoms with Crippen LogP contribution in [0.1, 0.15) is 43.6 Å². The fourth-order valence-electron chi connectivity index (χ4n) is 3.65. The van der Waals surface area contributed by atoms with Gasteiger partial charge in [-0.3, -0.25) is 14.3 Å². The monoisotopic (exact) mass is 389 g/mol. The second-order valence-corrected chi connectivity index (χ2v) is 6.96. The number of hydrogen-bond acceptors (Lipinski definition) is 7. The third-order valence-electron chi connectivity index (χ3n) is 5.23. The van der Waals surface area contributed by atoms with Gasteiger partial charge in [-0.2, -0.15) is 5.10 Å². The quantitative estimate of drug-likeness (QED) is 0.750. The standard InChI is InChI=1S/C18H23N5O5/c1-11-13(10-26-3)16(20-28-11)18(25)23-8-12-14(9-23)21(2)19-15(12)17(24)22-4-6-27-7-5-22/h4-10H2,1-3H3. The molecule has 2 aromatic heterocycles. The van der Waals surface area contributed by atoms with E-state index < -0.39 is 0 Å². The smallest absolute Gasteiger partial charge is 0.277 e. The van der Waals surface area contributed by atoms with Gasteiger partial charge in [-0.15, -0.1) is 0 Å². The number of amides is 2. The summed E-state index contributed by atoms with van der Waals surface area (Å²) < 4.78 is 17.3. The number of ether oxygens (including phenoxy) is 2. The molecule has 10 nitrogen and oxygen atoms in total. The molecule has 2 aromatic rings. The molecule has 28 heavy (non-hydrogen) atoms. The Bertz CT molecular complexity index is 912. The molecule has 0 aliphatic carbocycles. The molecule has 0 saturated carbocycles. The van der Waals surface area contributed by atoms with Crippen molar-refractivity contribution >= 4 is 11.8 Å². The van der Waals surface area contributed by atoms with E-state index in [1.807, 2.05) is 0 Å². The Morgan fingerprint density at radius 2 is 1.82 bits per heavy atom. The first-order chi connectivity index (χ1) is 13.5. The second kappa shape index (κ2) is 7.36. The van der Waals surface area contributed by atoms with E-state index in [4.69, 9.17) is 14.0 Å². The van der Waals surface area contributed by atoms with Gasteiger partial charge in [0.2, 0.25) is 0 Å². The number of aromatic nitrogens is 3. The van der Waals surface area contributed by atoms with Gasteiger partial charge in [0.05, 0.1) is 44.2 Å². The van der Waals surface area contributed by atoms with E-state index >= 15 is 0 Å². The van der Waals surface area contributed by atoms with E-state index in [1.54, 1.807) is 35.6 Å². The van der Waals surface area contributed by atoms with Gasteiger partial charge in [0, 0.05) is 32.8 Å². The fraction of sp³-hybridized carbons (Fsp3) is 0.556. The molecule has 2 aliphatic heterocycles. The molecule has 1 saturated heterocycles. The van der Waals surface area contributed by atoms with Crippen LogP contribution in [-0.4, -0.2) is 70.0 Å². The zero-order valence-electron chi connectivity index (χ0n) is 16.2. The summed E-state index contributed by atoms with van der Waals surface area (Å²) in [6.45, 7) is 4.83. The van der Waals surface area contributed by atoms with Gasteiger partial charge < -0.3 is 23.8 Å². The van der Waals surface area contributed by atoms with Gasteiger partial charge in [0.25, 0.3) is 11.8 Å². The molecule has 0 N–H and O–H groups in total. The minimum absolute atomic E-state index is 0.119. The maximum Gasteiger partial charge on any atom is 0.277 e. The van der Waals surface area contributed by atoms with Crippen LogP contribution in [0.2, 0.25) is 0 Å². The van der Waals surface area contributed by atoms with Crippen LogP contribution in [0, 0.1) is 6.92 Å². The molecule has 0 unspecified atom stereocenters. The summed E-state index contributed by atoms with van der Waals surface area (Å²) in [6, 6.07) is 0. The molecule has 4 heterocycles. The molecule has 10 heteroatoms. The Balaban J connectivity index is 1.57. The number of fused-ring (bicyclic) bond motifs is 1. The molecule has 0 spiro atoms. The van der Waals surface area contributed by atoms with Crippen molar-refractivity contribution in [2.45, 2.75) is 26.6 Å². The summed E-state index contributed by atoms with van der Waals surface area (Å²) in [5.74, 6) is 0.198. The highest BCUT2D eigenvalue weighted by molar-refractivity contribution is 5.96. The highest BCUT2D eigenvalue weighted by atomic mass is 16.5. The van der Waals surface area contributed by atoms with E-state index in [-0.39, 0.29) is 24.1 Å². The molecule has 1 fully saturated rings. The highest BCUT2D eigenvalue weighted by Gasteiger charge is 2.36. The Morgan fingerprint density at radius 3 is 2.54 bits per heavy atom. The number of methoxy groups -OCH3 is 1. The first-order valence-electron chi connectivity index (χ1n) is 9.16. The summed E-state index contributed by atoms with van der Waals surface area (Å²) in [6.07, 6.45) is 0. The molecule has 150 valence electrons. The molecule has 0 aromatic carbocycles. The maximum absolute atomic E-state index is 13.0. The summed E-state index contributed by atoms with van der Waals surface area (Å²) in [5, 5.41) is 8.34. The van der Waals surface area contributed by atoms with Crippen molar-refractivity contribution in [1.82, 2.24) is 24.7 Å². The predicted octanol–water partition coefficient (Wildman–Crippen LogP) is 0.491. The topological polar surface area (TPSA) is 103 Å². The first-order valence-corrected chi connectivity index (χ1v) is 9.16. The molecule has 0 atom stereocenters. The van der Waals surface area contributed by atoms with E-state index in [2.05, 4.69) is 10.3 Å². The third-order valence-corrected chi connectivity index (χ3v) is 5.23. The minimum atomic E-state index is -0.245. The number of hydrogen-bond donors (Lipinski definition) is 0. The second-order valence-electron chi connectivity index (χ2n) is 6.96. The molecular weight excluding hydrogens is 366 g/mol. The molecule has 0 radical (unpaired) electrons. The van der Waals surface area contributed by atoms with Gasteiger partial charge in [-0.25, -0.2) is 0 Å². The van der Waals surface area contributed by atoms with Crippen LogP contribution in [0.25, 0.3) is 0 Å². The zero-order chi connectivity index (χ0) is 19.8. The van der Waals surface area contributed by atoms with Crippen LogP contribution in [0.15, 0.2) is 4.52 Å². The van der Waals surface area contributed by atoms with Crippen LogP contribution in [0.3, 0.4) is 0 Å². The molecule has 2 amide bonds. The lowest BCUT2D eigenvalue weighted by Gasteiger charge is -2.26. The van der Waals surface area contributed by atoms with E-state index in [0.29, 0.717) is 56.4 Å². The van der Waals surface area contributed by atoms with Gasteiger partial charge in [0.1, 0.15) is 5.76 Å². The summed E-state index contributed by atoms with van der Waals surface area (Å²) >= 11 is 0. The lowest BCUT2D eigenvalue weighted by molar-refractivity contribution is 0.0297. The molecular formula is C18H23N5O5. The van der Waals surface area contributed by atoms with Crippen molar-refractivity contribution in [3.05, 3.63) is 34.0 Å². The van der Waals surface area contributed by atoms with Crippen molar-refractivity contribution in [2.24, 2.45) is 7.05 Å². The van der Waals surface area contributed by atoms with Gasteiger partial charge >= 0.3 is 0 Å². The largest absolute Gasteiger partial charge is 0.380 e. The van der Waals surface area contributed by atoms with E-state index in [9.17, 15) is 9.59 Å². The van der Waals surface area contributed by atoms with Crippen LogP contribution in [0.5, 0.6) is 0 Å². The predicted molar refractivity (Wildman–Crippen MR) is 95.5 cm³/mol. The normalized spacial score (nSPS) is 16.5. The van der Waals surface area contributed by atoms with E-state index in [0.717, 1.165) is 11.3 Å². The van der Waals surface area contributed by atoms with Crippen molar-refractivity contribution in [2.75, 3.05) is 33.4 Å². The molecule has 0 bridgehead atoms. The van der Waals surface area contributed by atoms with Crippen LogP contribution < -0.4 is 0 Å². The maximum atomic E-state index is 13.0. The Morgan fingerprint density at radius 1 is 1.11 bits per heavy atom. The lowest BCUT2D eigenvalue weighted by Crippen LogP contribution is -2.41. The van der Waals surface area contributed by atoms with Gasteiger partial charge in [0.15, 0.2) is 11.4 Å². The number of carbonyl (C=O) groups is 2. The number of aryl methyl sites for hydroxylation is 2. The number of rotatable bonds is 4. The van der Waals surface area contributed by atoms with E-state index in [1.165, 1.54) is 0 Å². The first kappa shape index (κ1) is 18.6. The number of nitrogens with zero attached hydrogens (tertiary/aromatic N) is 5. The Kier molecular flexibility index (Phi) is 4.90. The van der Waals surface area contributed by atoms with Crippen molar-refractivity contribution < 1.29 is 23.6 Å². The number of morpholine rings is 1. The third kappa shape index (κ3) is 3.08. The highest BCUT2D eigenvalue weighted by Crippen LogP contribution is 2.29. The molecule has 2 aliphatic rings. The van der Waals surface area contributed by atoms with Crippen LogP contribution in [-0.2, 0) is 36.2 Å². The lowest BCUT2D eigenvalue weighted by atomic mass is 10.2. The minimum Gasteiger partial charge on any atom is -0.380 e. The molecule has 4 rings (SSSR count). The summed E-state index contributed by atoms with van der Waals surface area (Å²) in [4.78, 5) is 29.3. The SMILES string of the molecule is COCc1c(C(=O)N2Cc3c(C(=O)N4CCOCC4)nn(C)c3C2)noc1C. The fourth-order valence-corrected chi connectivity index (χ4v) is 3.65. The average molecular weight is 389 g/mol.